The second-order valence-electron chi connectivity index (χ2n) is 11.1. The van der Waals surface area contributed by atoms with Gasteiger partial charge in [0.15, 0.2) is 0 Å². The molecule has 5 rings (SSSR count). The Labute approximate surface area is 174 Å². The first kappa shape index (κ1) is 19.8. The number of cyclic esters (lactones) is 1. The van der Waals surface area contributed by atoms with Gasteiger partial charge in [0, 0.05) is 11.6 Å². The summed E-state index contributed by atoms with van der Waals surface area (Å²) < 4.78 is 10.8. The van der Waals surface area contributed by atoms with Crippen LogP contribution in [-0.2, 0) is 14.3 Å². The van der Waals surface area contributed by atoms with Crippen molar-refractivity contribution in [1.82, 2.24) is 0 Å². The molecule has 1 spiro atoms. The van der Waals surface area contributed by atoms with Crippen molar-refractivity contribution in [3.63, 3.8) is 0 Å². The lowest BCUT2D eigenvalue weighted by Gasteiger charge is -2.55. The van der Waals surface area contributed by atoms with Crippen LogP contribution >= 0.6 is 0 Å². The number of hydrogen-bond acceptors (Lipinski definition) is 4. The van der Waals surface area contributed by atoms with E-state index in [0.717, 1.165) is 18.3 Å². The maximum Gasteiger partial charge on any atom is 0.333 e. The number of esters is 1. The normalized spacial score (nSPS) is 48.9. The summed E-state index contributed by atoms with van der Waals surface area (Å²) in [5, 5.41) is 9.86. The van der Waals surface area contributed by atoms with Crippen LogP contribution in [0.15, 0.2) is 23.3 Å². The molecule has 1 N–H and O–H groups in total. The number of aliphatic hydroxyl groups excluding tert-OH is 1. The molecular formula is C25H36O4. The summed E-state index contributed by atoms with van der Waals surface area (Å²) in [7, 11) is 0. The van der Waals surface area contributed by atoms with Crippen LogP contribution in [0.1, 0.15) is 78.6 Å². The van der Waals surface area contributed by atoms with E-state index in [1.165, 1.54) is 56.6 Å². The van der Waals surface area contributed by atoms with Gasteiger partial charge in [-0.05, 0) is 85.0 Å². The Kier molecular flexibility index (Phi) is 4.57. The second-order valence-corrected chi connectivity index (χ2v) is 11.1. The SMILES string of the molecule is C[C@@H]1CC[C@@]23C[C@]2(C)CCC[C@@H]3[C@@]1(C)CCC1=CC[C@H](C2=CC(=O)O[C@H]2O)OC1. The first-order chi connectivity index (χ1) is 13.8. The van der Waals surface area contributed by atoms with Gasteiger partial charge in [-0.25, -0.2) is 4.79 Å². The van der Waals surface area contributed by atoms with Crippen LogP contribution in [-0.4, -0.2) is 30.1 Å². The maximum absolute atomic E-state index is 11.4. The first-order valence-corrected chi connectivity index (χ1v) is 11.7. The topological polar surface area (TPSA) is 55.8 Å². The van der Waals surface area contributed by atoms with Crippen molar-refractivity contribution in [2.45, 2.75) is 91.0 Å². The molecule has 0 aromatic heterocycles. The molecule has 0 aromatic carbocycles. The molecule has 0 bridgehead atoms. The summed E-state index contributed by atoms with van der Waals surface area (Å²) in [6, 6.07) is 0. The van der Waals surface area contributed by atoms with Crippen molar-refractivity contribution in [3.8, 4) is 0 Å². The van der Waals surface area contributed by atoms with Gasteiger partial charge >= 0.3 is 5.97 Å². The van der Waals surface area contributed by atoms with Crippen molar-refractivity contribution in [1.29, 1.82) is 0 Å². The third-order valence-corrected chi connectivity index (χ3v) is 9.86. The molecule has 0 aromatic rings. The lowest BCUT2D eigenvalue weighted by atomic mass is 9.50. The van der Waals surface area contributed by atoms with Gasteiger partial charge in [-0.1, -0.05) is 33.3 Å². The van der Waals surface area contributed by atoms with Gasteiger partial charge in [0.05, 0.1) is 12.7 Å². The van der Waals surface area contributed by atoms with E-state index in [1.54, 1.807) is 0 Å². The minimum Gasteiger partial charge on any atom is -0.429 e. The number of carbonyl (C=O) groups is 1. The highest BCUT2D eigenvalue weighted by Gasteiger charge is 2.72. The molecule has 3 saturated carbocycles. The molecular weight excluding hydrogens is 364 g/mol. The number of rotatable bonds is 4. The largest absolute Gasteiger partial charge is 0.429 e. The van der Waals surface area contributed by atoms with E-state index in [1.807, 2.05) is 0 Å². The van der Waals surface area contributed by atoms with E-state index in [0.29, 0.717) is 34.8 Å². The van der Waals surface area contributed by atoms with E-state index in [2.05, 4.69) is 26.8 Å². The molecule has 3 aliphatic carbocycles. The Morgan fingerprint density at radius 3 is 2.76 bits per heavy atom. The molecule has 3 fully saturated rings. The molecule has 2 heterocycles. The van der Waals surface area contributed by atoms with E-state index in [-0.39, 0.29) is 6.10 Å². The summed E-state index contributed by atoms with van der Waals surface area (Å²) in [6.07, 6.45) is 14.0. The maximum atomic E-state index is 11.4. The monoisotopic (exact) mass is 400 g/mol. The van der Waals surface area contributed by atoms with Crippen molar-refractivity contribution < 1.29 is 19.4 Å². The van der Waals surface area contributed by atoms with Gasteiger partial charge < -0.3 is 14.6 Å². The molecule has 0 amide bonds. The third-order valence-electron chi connectivity index (χ3n) is 9.86. The molecule has 29 heavy (non-hydrogen) atoms. The van der Waals surface area contributed by atoms with E-state index < -0.39 is 12.3 Å². The predicted molar refractivity (Wildman–Crippen MR) is 111 cm³/mol. The molecule has 0 unspecified atom stereocenters. The van der Waals surface area contributed by atoms with E-state index in [9.17, 15) is 9.90 Å². The summed E-state index contributed by atoms with van der Waals surface area (Å²) in [5.74, 6) is 1.21. The van der Waals surface area contributed by atoms with E-state index in [4.69, 9.17) is 9.47 Å². The Hall–Kier alpha value is -1.13. The standard InChI is InChI=1S/C25H36O4/c1-16-8-12-25-15-23(25,2)10-4-5-20(25)24(16,3)11-9-17-6-7-19(28-14-17)18-13-21(26)29-22(18)27/h6,13,16,19-20,22,27H,4-5,7-12,14-15H2,1-3H3/t16-,19-,20-,22-,23+,24+,25+/m1/s1. The quantitative estimate of drug-likeness (QED) is 0.538. The molecule has 160 valence electrons. The molecule has 4 nitrogen and oxygen atoms in total. The lowest BCUT2D eigenvalue weighted by molar-refractivity contribution is -0.152. The van der Waals surface area contributed by atoms with Gasteiger partial charge in [-0.2, -0.15) is 0 Å². The lowest BCUT2D eigenvalue weighted by Crippen LogP contribution is -2.47. The summed E-state index contributed by atoms with van der Waals surface area (Å²) in [6.45, 7) is 8.24. The zero-order chi connectivity index (χ0) is 20.4. The predicted octanol–water partition coefficient (Wildman–Crippen LogP) is 4.92. The average molecular weight is 401 g/mol. The fourth-order valence-electron chi connectivity index (χ4n) is 7.72. The molecule has 0 radical (unpaired) electrons. The average Bonchev–Trinajstić information content (AvgIpc) is 3.19. The van der Waals surface area contributed by atoms with Gasteiger partial charge in [-0.3, -0.25) is 0 Å². The van der Waals surface area contributed by atoms with Crippen LogP contribution in [0.3, 0.4) is 0 Å². The zero-order valence-corrected chi connectivity index (χ0v) is 18.2. The zero-order valence-electron chi connectivity index (χ0n) is 18.2. The minimum absolute atomic E-state index is 0.238. The van der Waals surface area contributed by atoms with Gasteiger partial charge in [0.25, 0.3) is 0 Å². The molecule has 2 aliphatic heterocycles. The molecule has 7 atom stereocenters. The summed E-state index contributed by atoms with van der Waals surface area (Å²) >= 11 is 0. The highest BCUT2D eigenvalue weighted by molar-refractivity contribution is 5.85. The Morgan fingerprint density at radius 1 is 1.24 bits per heavy atom. The Bertz CT molecular complexity index is 769. The highest BCUT2D eigenvalue weighted by atomic mass is 16.6. The van der Waals surface area contributed by atoms with Crippen LogP contribution in [0.25, 0.3) is 0 Å². The Balaban J connectivity index is 1.25. The van der Waals surface area contributed by atoms with Crippen LogP contribution in [0, 0.1) is 28.1 Å². The fourth-order valence-corrected chi connectivity index (χ4v) is 7.72. The van der Waals surface area contributed by atoms with Crippen LogP contribution in [0.5, 0.6) is 0 Å². The van der Waals surface area contributed by atoms with Crippen LogP contribution in [0.4, 0.5) is 0 Å². The number of ether oxygens (including phenoxy) is 2. The van der Waals surface area contributed by atoms with Crippen LogP contribution < -0.4 is 0 Å². The van der Waals surface area contributed by atoms with Gasteiger partial charge in [0.1, 0.15) is 0 Å². The van der Waals surface area contributed by atoms with Gasteiger partial charge in [-0.15, -0.1) is 0 Å². The van der Waals surface area contributed by atoms with Crippen molar-refractivity contribution in [2.24, 2.45) is 28.1 Å². The summed E-state index contributed by atoms with van der Waals surface area (Å²) in [5.41, 5.74) is 3.65. The molecule has 5 aliphatic rings. The van der Waals surface area contributed by atoms with Gasteiger partial charge in [0.2, 0.25) is 6.29 Å². The number of aliphatic hydroxyl groups is 1. The molecule has 4 heteroatoms. The van der Waals surface area contributed by atoms with Crippen LogP contribution in [0.2, 0.25) is 0 Å². The highest BCUT2D eigenvalue weighted by Crippen LogP contribution is 2.80. The van der Waals surface area contributed by atoms with Crippen molar-refractivity contribution in [2.75, 3.05) is 6.61 Å². The van der Waals surface area contributed by atoms with Crippen molar-refractivity contribution in [3.05, 3.63) is 23.3 Å². The smallest absolute Gasteiger partial charge is 0.333 e. The van der Waals surface area contributed by atoms with Crippen molar-refractivity contribution >= 4 is 5.97 Å². The minimum atomic E-state index is -1.14. The molecule has 0 saturated heterocycles. The Morgan fingerprint density at radius 2 is 2.07 bits per heavy atom. The second kappa shape index (κ2) is 6.68. The first-order valence-electron chi connectivity index (χ1n) is 11.7. The number of hydrogen-bond donors (Lipinski definition) is 1. The summed E-state index contributed by atoms with van der Waals surface area (Å²) in [4.78, 5) is 11.4. The number of carbonyl (C=O) groups excluding carboxylic acids is 1. The fraction of sp³-hybridized carbons (Fsp3) is 0.800. The van der Waals surface area contributed by atoms with E-state index >= 15 is 0 Å². The third kappa shape index (κ3) is 2.96.